The van der Waals surface area contributed by atoms with Crippen molar-refractivity contribution < 1.29 is 0 Å². The highest BCUT2D eigenvalue weighted by atomic mass is 32.1. The quantitative estimate of drug-likeness (QED) is 0.731. The Morgan fingerprint density at radius 1 is 1.36 bits per heavy atom. The number of nitrogens with one attached hydrogen (secondary N) is 2. The normalized spacial score (nSPS) is 10.0. The average Bonchev–Trinajstić information content (AvgIpc) is 2.18. The predicted molar refractivity (Wildman–Crippen MR) is 65.8 cm³/mol. The number of anilines is 1. The predicted octanol–water partition coefficient (Wildman–Crippen LogP) is 2.73. The molecule has 0 aliphatic heterocycles. The second-order valence-corrected chi connectivity index (χ2v) is 3.89. The maximum Gasteiger partial charge on any atom is 0.170 e. The Labute approximate surface area is 90.7 Å². The highest BCUT2D eigenvalue weighted by molar-refractivity contribution is 7.80. The van der Waals surface area contributed by atoms with Crippen molar-refractivity contribution in [3.05, 3.63) is 29.8 Å². The van der Waals surface area contributed by atoms with E-state index in [1.165, 1.54) is 5.56 Å². The van der Waals surface area contributed by atoms with Crippen LogP contribution in [-0.4, -0.2) is 12.2 Å². The molecule has 0 aliphatic rings. The number of rotatable bonds is 2. The second-order valence-electron chi connectivity index (χ2n) is 3.48. The van der Waals surface area contributed by atoms with Crippen molar-refractivity contribution in [3.8, 4) is 0 Å². The van der Waals surface area contributed by atoms with Gasteiger partial charge in [0.2, 0.25) is 0 Å². The third-order valence-corrected chi connectivity index (χ3v) is 2.34. The zero-order valence-electron chi connectivity index (χ0n) is 8.79. The van der Waals surface area contributed by atoms with Gasteiger partial charge in [0.1, 0.15) is 0 Å². The van der Waals surface area contributed by atoms with Gasteiger partial charge in [-0.15, -0.1) is 0 Å². The van der Waals surface area contributed by atoms with Crippen LogP contribution < -0.4 is 10.6 Å². The van der Waals surface area contributed by atoms with Crippen LogP contribution in [0.1, 0.15) is 25.3 Å². The molecule has 1 aromatic carbocycles. The van der Waals surface area contributed by atoms with Gasteiger partial charge >= 0.3 is 0 Å². The van der Waals surface area contributed by atoms with Crippen molar-refractivity contribution in [3.63, 3.8) is 0 Å². The summed E-state index contributed by atoms with van der Waals surface area (Å²) in [6.07, 6.45) is 0. The Morgan fingerprint density at radius 3 is 2.64 bits per heavy atom. The lowest BCUT2D eigenvalue weighted by Gasteiger charge is -2.10. The van der Waals surface area contributed by atoms with Gasteiger partial charge in [0.25, 0.3) is 0 Å². The summed E-state index contributed by atoms with van der Waals surface area (Å²) < 4.78 is 0. The minimum absolute atomic E-state index is 0.542. The topological polar surface area (TPSA) is 24.1 Å². The third-order valence-electron chi connectivity index (χ3n) is 2.04. The first-order chi connectivity index (χ1) is 6.63. The molecular weight excluding hydrogens is 192 g/mol. The summed E-state index contributed by atoms with van der Waals surface area (Å²) >= 11 is 5.02. The third kappa shape index (κ3) is 3.00. The van der Waals surface area contributed by atoms with E-state index in [0.29, 0.717) is 11.0 Å². The van der Waals surface area contributed by atoms with Crippen molar-refractivity contribution in [1.82, 2.24) is 5.32 Å². The molecule has 0 aromatic heterocycles. The highest BCUT2D eigenvalue weighted by Gasteiger charge is 2.00. The van der Waals surface area contributed by atoms with Gasteiger partial charge in [0.05, 0.1) is 0 Å². The Bertz CT molecular complexity index is 321. The first-order valence-electron chi connectivity index (χ1n) is 4.72. The zero-order chi connectivity index (χ0) is 10.6. The summed E-state index contributed by atoms with van der Waals surface area (Å²) in [4.78, 5) is 0. The van der Waals surface area contributed by atoms with E-state index < -0.39 is 0 Å². The van der Waals surface area contributed by atoms with Crippen LogP contribution in [0.2, 0.25) is 0 Å². The Morgan fingerprint density at radius 2 is 2.07 bits per heavy atom. The Balaban J connectivity index is 2.78. The molecule has 0 unspecified atom stereocenters. The van der Waals surface area contributed by atoms with Crippen molar-refractivity contribution >= 4 is 23.0 Å². The van der Waals surface area contributed by atoms with Crippen LogP contribution in [0.5, 0.6) is 0 Å². The summed E-state index contributed by atoms with van der Waals surface area (Å²) in [7, 11) is 1.81. The van der Waals surface area contributed by atoms with E-state index >= 15 is 0 Å². The molecule has 0 saturated carbocycles. The van der Waals surface area contributed by atoms with E-state index in [1.54, 1.807) is 0 Å². The fourth-order valence-electron chi connectivity index (χ4n) is 1.17. The molecule has 14 heavy (non-hydrogen) atoms. The lowest BCUT2D eigenvalue weighted by molar-refractivity contribution is 0.867. The van der Waals surface area contributed by atoms with Crippen LogP contribution in [0.15, 0.2) is 24.3 Å². The molecule has 0 bridgehead atoms. The van der Waals surface area contributed by atoms with Crippen molar-refractivity contribution in [2.24, 2.45) is 0 Å². The monoisotopic (exact) mass is 208 g/mol. The maximum atomic E-state index is 5.02. The van der Waals surface area contributed by atoms with Gasteiger partial charge in [-0.2, -0.15) is 0 Å². The van der Waals surface area contributed by atoms with E-state index in [0.717, 1.165) is 5.69 Å². The van der Waals surface area contributed by atoms with Crippen molar-refractivity contribution in [2.75, 3.05) is 12.4 Å². The molecule has 1 rings (SSSR count). The molecule has 0 heterocycles. The summed E-state index contributed by atoms with van der Waals surface area (Å²) in [5.74, 6) is 0.542. The number of benzene rings is 1. The fourth-order valence-corrected chi connectivity index (χ4v) is 1.29. The van der Waals surface area contributed by atoms with Crippen LogP contribution in [-0.2, 0) is 0 Å². The van der Waals surface area contributed by atoms with E-state index in [9.17, 15) is 0 Å². The lowest BCUT2D eigenvalue weighted by atomic mass is 10.0. The van der Waals surface area contributed by atoms with E-state index in [1.807, 2.05) is 19.2 Å². The minimum Gasteiger partial charge on any atom is -0.366 e. The number of hydrogen-bond acceptors (Lipinski definition) is 1. The highest BCUT2D eigenvalue weighted by Crippen LogP contribution is 2.18. The summed E-state index contributed by atoms with van der Waals surface area (Å²) in [5.41, 5.74) is 2.35. The second kappa shape index (κ2) is 4.96. The van der Waals surface area contributed by atoms with Gasteiger partial charge in [-0.25, -0.2) is 0 Å². The maximum absolute atomic E-state index is 5.02. The molecule has 0 atom stereocenters. The minimum atomic E-state index is 0.542. The van der Waals surface area contributed by atoms with Crippen molar-refractivity contribution in [1.29, 1.82) is 0 Å². The lowest BCUT2D eigenvalue weighted by Crippen LogP contribution is -2.24. The van der Waals surface area contributed by atoms with Gasteiger partial charge in [-0.1, -0.05) is 26.0 Å². The molecule has 0 amide bonds. The first-order valence-corrected chi connectivity index (χ1v) is 5.13. The molecule has 0 saturated heterocycles. The summed E-state index contributed by atoms with van der Waals surface area (Å²) in [6.45, 7) is 4.35. The van der Waals surface area contributed by atoms with E-state index in [-0.39, 0.29) is 0 Å². The molecule has 2 N–H and O–H groups in total. The fraction of sp³-hybridized carbons (Fsp3) is 0.364. The Kier molecular flexibility index (Phi) is 3.89. The van der Waals surface area contributed by atoms with Gasteiger partial charge < -0.3 is 10.6 Å². The molecular formula is C11H16N2S. The van der Waals surface area contributed by atoms with E-state index in [2.05, 4.69) is 36.6 Å². The summed E-state index contributed by atoms with van der Waals surface area (Å²) in [5, 5.41) is 6.63. The smallest absolute Gasteiger partial charge is 0.170 e. The molecule has 1 aromatic rings. The zero-order valence-corrected chi connectivity index (χ0v) is 9.61. The largest absolute Gasteiger partial charge is 0.366 e. The van der Waals surface area contributed by atoms with Crippen LogP contribution >= 0.6 is 12.2 Å². The number of thiocarbonyl (C=S) groups is 1. The molecule has 0 aliphatic carbocycles. The molecule has 0 radical (unpaired) electrons. The van der Waals surface area contributed by atoms with Crippen molar-refractivity contribution in [2.45, 2.75) is 19.8 Å². The van der Waals surface area contributed by atoms with Crippen LogP contribution in [0.3, 0.4) is 0 Å². The molecule has 3 heteroatoms. The molecule has 0 spiro atoms. The van der Waals surface area contributed by atoms with Crippen LogP contribution in [0.25, 0.3) is 0 Å². The van der Waals surface area contributed by atoms with Gasteiger partial charge in [-0.05, 0) is 35.8 Å². The Hall–Kier alpha value is -1.09. The molecule has 0 fully saturated rings. The van der Waals surface area contributed by atoms with Gasteiger partial charge in [0, 0.05) is 12.7 Å². The van der Waals surface area contributed by atoms with Crippen LogP contribution in [0.4, 0.5) is 5.69 Å². The standard InChI is InChI=1S/C11H16N2S/c1-8(2)9-5-4-6-10(7-9)13-11(14)12-3/h4-8H,1-3H3,(H2,12,13,14). The summed E-state index contributed by atoms with van der Waals surface area (Å²) in [6, 6.07) is 8.29. The first kappa shape index (κ1) is 11.0. The van der Waals surface area contributed by atoms with E-state index in [4.69, 9.17) is 12.2 Å². The number of hydrogen-bond donors (Lipinski definition) is 2. The molecule has 2 nitrogen and oxygen atoms in total. The van der Waals surface area contributed by atoms with Gasteiger partial charge in [0.15, 0.2) is 5.11 Å². The molecule has 76 valence electrons. The van der Waals surface area contributed by atoms with Crippen LogP contribution in [0, 0.1) is 0 Å². The van der Waals surface area contributed by atoms with Gasteiger partial charge in [-0.3, -0.25) is 0 Å². The SMILES string of the molecule is CNC(=S)Nc1cccc(C(C)C)c1. The average molecular weight is 208 g/mol.